The summed E-state index contributed by atoms with van der Waals surface area (Å²) in [5.74, 6) is 0. The van der Waals surface area contributed by atoms with E-state index in [0.717, 1.165) is 22.2 Å². The quantitative estimate of drug-likeness (QED) is 0.738. The van der Waals surface area contributed by atoms with Crippen molar-refractivity contribution in [3.05, 3.63) is 66.4 Å². The molecule has 3 rings (SSSR count). The SMILES string of the molecule is Cc1cccc(NC(=O)Nc2cccc3cccnc23)c1. The van der Waals surface area contributed by atoms with E-state index >= 15 is 0 Å². The number of urea groups is 1. The predicted molar refractivity (Wildman–Crippen MR) is 85.6 cm³/mol. The summed E-state index contributed by atoms with van der Waals surface area (Å²) in [5.41, 5.74) is 3.33. The Morgan fingerprint density at radius 1 is 1.00 bits per heavy atom. The lowest BCUT2D eigenvalue weighted by molar-refractivity contribution is 0.262. The number of hydrogen-bond donors (Lipinski definition) is 2. The highest BCUT2D eigenvalue weighted by atomic mass is 16.2. The molecular formula is C17H15N3O. The Labute approximate surface area is 122 Å². The summed E-state index contributed by atoms with van der Waals surface area (Å²) in [7, 11) is 0. The second-order valence-electron chi connectivity index (χ2n) is 4.83. The number of hydrogen-bond acceptors (Lipinski definition) is 2. The first-order valence-corrected chi connectivity index (χ1v) is 6.71. The lowest BCUT2D eigenvalue weighted by Gasteiger charge is -2.09. The van der Waals surface area contributed by atoms with Crippen molar-refractivity contribution in [2.24, 2.45) is 0 Å². The number of anilines is 2. The first-order chi connectivity index (χ1) is 10.2. The fourth-order valence-electron chi connectivity index (χ4n) is 2.21. The molecule has 0 spiro atoms. The number of nitrogens with one attached hydrogen (secondary N) is 2. The summed E-state index contributed by atoms with van der Waals surface area (Å²) in [6, 6.07) is 16.9. The van der Waals surface area contributed by atoms with Crippen molar-refractivity contribution in [3.8, 4) is 0 Å². The summed E-state index contributed by atoms with van der Waals surface area (Å²) < 4.78 is 0. The first-order valence-electron chi connectivity index (χ1n) is 6.71. The number of aromatic nitrogens is 1. The number of fused-ring (bicyclic) bond motifs is 1. The van der Waals surface area contributed by atoms with E-state index in [1.54, 1.807) is 6.20 Å². The zero-order valence-electron chi connectivity index (χ0n) is 11.6. The van der Waals surface area contributed by atoms with Crippen molar-refractivity contribution in [1.82, 2.24) is 4.98 Å². The normalized spacial score (nSPS) is 10.3. The molecular weight excluding hydrogens is 262 g/mol. The van der Waals surface area contributed by atoms with Gasteiger partial charge in [0.05, 0.1) is 11.2 Å². The summed E-state index contributed by atoms with van der Waals surface area (Å²) in [6.45, 7) is 1.98. The molecule has 1 heterocycles. The average Bonchev–Trinajstić information content (AvgIpc) is 2.47. The summed E-state index contributed by atoms with van der Waals surface area (Å²) in [4.78, 5) is 16.4. The first kappa shape index (κ1) is 13.1. The van der Waals surface area contributed by atoms with Gasteiger partial charge in [-0.05, 0) is 36.8 Å². The van der Waals surface area contributed by atoms with Crippen LogP contribution in [0.1, 0.15) is 5.56 Å². The van der Waals surface area contributed by atoms with Crippen molar-refractivity contribution in [1.29, 1.82) is 0 Å². The second kappa shape index (κ2) is 5.63. The standard InChI is InChI=1S/C17H15N3O/c1-12-5-2-8-14(11-12)19-17(21)20-15-9-3-6-13-7-4-10-18-16(13)15/h2-11H,1H3,(H2,19,20,21). The highest BCUT2D eigenvalue weighted by Crippen LogP contribution is 2.21. The van der Waals surface area contributed by atoms with E-state index in [9.17, 15) is 4.79 Å². The summed E-state index contributed by atoms with van der Waals surface area (Å²) in [6.07, 6.45) is 1.71. The Morgan fingerprint density at radius 2 is 1.81 bits per heavy atom. The van der Waals surface area contributed by atoms with Crippen LogP contribution in [0.2, 0.25) is 0 Å². The van der Waals surface area contributed by atoms with Crippen LogP contribution in [-0.2, 0) is 0 Å². The lowest BCUT2D eigenvalue weighted by atomic mass is 10.2. The largest absolute Gasteiger partial charge is 0.323 e. The van der Waals surface area contributed by atoms with Gasteiger partial charge in [0.1, 0.15) is 0 Å². The van der Waals surface area contributed by atoms with Crippen LogP contribution in [0.4, 0.5) is 16.2 Å². The minimum absolute atomic E-state index is 0.279. The zero-order chi connectivity index (χ0) is 14.7. The van der Waals surface area contributed by atoms with Gasteiger partial charge in [0.25, 0.3) is 0 Å². The van der Waals surface area contributed by atoms with Crippen molar-refractivity contribution in [2.45, 2.75) is 6.92 Å². The van der Waals surface area contributed by atoms with Crippen LogP contribution < -0.4 is 10.6 Å². The molecule has 2 aromatic carbocycles. The van der Waals surface area contributed by atoms with Crippen LogP contribution >= 0.6 is 0 Å². The molecule has 1 aromatic heterocycles. The Hall–Kier alpha value is -2.88. The van der Waals surface area contributed by atoms with E-state index in [0.29, 0.717) is 5.69 Å². The molecule has 0 saturated carbocycles. The van der Waals surface area contributed by atoms with Gasteiger partial charge in [-0.25, -0.2) is 4.79 Å². The molecule has 104 valence electrons. The van der Waals surface area contributed by atoms with Crippen LogP contribution in [0.15, 0.2) is 60.8 Å². The molecule has 0 bridgehead atoms. The maximum atomic E-state index is 12.1. The Balaban J connectivity index is 1.80. The Bertz CT molecular complexity index is 793. The summed E-state index contributed by atoms with van der Waals surface area (Å²) in [5, 5.41) is 6.65. The van der Waals surface area contributed by atoms with E-state index < -0.39 is 0 Å². The minimum atomic E-state index is -0.279. The molecule has 2 N–H and O–H groups in total. The number of aryl methyl sites for hydroxylation is 1. The van der Waals surface area contributed by atoms with Gasteiger partial charge >= 0.3 is 6.03 Å². The topological polar surface area (TPSA) is 54.0 Å². The van der Waals surface area contributed by atoms with Crippen LogP contribution in [0.5, 0.6) is 0 Å². The van der Waals surface area contributed by atoms with E-state index in [4.69, 9.17) is 0 Å². The molecule has 0 unspecified atom stereocenters. The molecule has 4 nitrogen and oxygen atoms in total. The molecule has 0 fully saturated rings. The summed E-state index contributed by atoms with van der Waals surface area (Å²) >= 11 is 0. The fourth-order valence-corrected chi connectivity index (χ4v) is 2.21. The van der Waals surface area contributed by atoms with Gasteiger partial charge in [-0.2, -0.15) is 0 Å². The molecule has 0 atom stereocenters. The monoisotopic (exact) mass is 277 g/mol. The van der Waals surface area contributed by atoms with Gasteiger partial charge in [-0.3, -0.25) is 4.98 Å². The van der Waals surface area contributed by atoms with Crippen LogP contribution in [-0.4, -0.2) is 11.0 Å². The van der Waals surface area contributed by atoms with Crippen LogP contribution in [0, 0.1) is 6.92 Å². The molecule has 3 aromatic rings. The van der Waals surface area contributed by atoms with Gasteiger partial charge in [-0.1, -0.05) is 30.3 Å². The van der Waals surface area contributed by atoms with Gasteiger partial charge in [0.15, 0.2) is 0 Å². The number of benzene rings is 2. The molecule has 0 aliphatic heterocycles. The van der Waals surface area contributed by atoms with Gasteiger partial charge in [-0.15, -0.1) is 0 Å². The smallest absolute Gasteiger partial charge is 0.308 e. The van der Waals surface area contributed by atoms with E-state index in [2.05, 4.69) is 15.6 Å². The maximum absolute atomic E-state index is 12.1. The molecule has 0 aliphatic rings. The van der Waals surface area contributed by atoms with Crippen LogP contribution in [0.3, 0.4) is 0 Å². The van der Waals surface area contributed by atoms with Crippen molar-refractivity contribution in [2.75, 3.05) is 10.6 Å². The third kappa shape index (κ3) is 3.00. The highest BCUT2D eigenvalue weighted by Gasteiger charge is 2.06. The third-order valence-electron chi connectivity index (χ3n) is 3.16. The van der Waals surface area contributed by atoms with Gasteiger partial charge < -0.3 is 10.6 Å². The molecule has 0 saturated heterocycles. The van der Waals surface area contributed by atoms with E-state index in [1.165, 1.54) is 0 Å². The highest BCUT2D eigenvalue weighted by molar-refractivity contribution is 6.04. The number of rotatable bonds is 2. The van der Waals surface area contributed by atoms with Crippen molar-refractivity contribution < 1.29 is 4.79 Å². The predicted octanol–water partition coefficient (Wildman–Crippen LogP) is 4.19. The van der Waals surface area contributed by atoms with Crippen molar-refractivity contribution >= 4 is 28.3 Å². The van der Waals surface area contributed by atoms with Gasteiger partial charge in [0.2, 0.25) is 0 Å². The molecule has 21 heavy (non-hydrogen) atoms. The number of amides is 2. The zero-order valence-corrected chi connectivity index (χ0v) is 11.6. The molecule has 0 aliphatic carbocycles. The number of nitrogens with zero attached hydrogens (tertiary/aromatic N) is 1. The number of carbonyl (C=O) groups excluding carboxylic acids is 1. The molecule has 2 amide bonds. The Morgan fingerprint density at radius 3 is 2.67 bits per heavy atom. The van der Waals surface area contributed by atoms with Crippen molar-refractivity contribution in [3.63, 3.8) is 0 Å². The number of carbonyl (C=O) groups is 1. The molecule has 4 heteroatoms. The third-order valence-corrected chi connectivity index (χ3v) is 3.16. The second-order valence-corrected chi connectivity index (χ2v) is 4.83. The van der Waals surface area contributed by atoms with Gasteiger partial charge in [0, 0.05) is 17.3 Å². The minimum Gasteiger partial charge on any atom is -0.308 e. The molecule has 0 radical (unpaired) electrons. The number of para-hydroxylation sites is 1. The fraction of sp³-hybridized carbons (Fsp3) is 0.0588. The van der Waals surface area contributed by atoms with Crippen LogP contribution in [0.25, 0.3) is 10.9 Å². The Kier molecular flexibility index (Phi) is 3.51. The van der Waals surface area contributed by atoms with E-state index in [-0.39, 0.29) is 6.03 Å². The van der Waals surface area contributed by atoms with E-state index in [1.807, 2.05) is 61.5 Å². The lowest BCUT2D eigenvalue weighted by Crippen LogP contribution is -2.19. The average molecular weight is 277 g/mol. The number of pyridine rings is 1. The maximum Gasteiger partial charge on any atom is 0.323 e.